The largest absolute Gasteiger partial charge is 0.480 e. The van der Waals surface area contributed by atoms with Crippen molar-refractivity contribution in [3.63, 3.8) is 0 Å². The number of carbonyl (C=O) groups is 2. The molecule has 4 rings (SSSR count). The lowest BCUT2D eigenvalue weighted by Crippen LogP contribution is -2.23. The van der Waals surface area contributed by atoms with Crippen molar-refractivity contribution in [2.45, 2.75) is 32.4 Å². The maximum atomic E-state index is 12.2. The Labute approximate surface area is 168 Å². The van der Waals surface area contributed by atoms with E-state index in [-0.39, 0.29) is 12.7 Å². The van der Waals surface area contributed by atoms with Gasteiger partial charge in [-0.25, -0.2) is 4.79 Å². The van der Waals surface area contributed by atoms with Crippen LogP contribution in [0.2, 0.25) is 0 Å². The average molecular weight is 392 g/mol. The molecule has 0 fully saturated rings. The van der Waals surface area contributed by atoms with Gasteiger partial charge in [0.05, 0.1) is 6.10 Å². The van der Waals surface area contributed by atoms with Crippen molar-refractivity contribution in [1.29, 1.82) is 0 Å². The van der Waals surface area contributed by atoms with Gasteiger partial charge in [0.2, 0.25) is 5.91 Å². The van der Waals surface area contributed by atoms with E-state index >= 15 is 0 Å². The molecule has 6 nitrogen and oxygen atoms in total. The number of carboxylic acid groups (broad SMARTS) is 1. The average Bonchev–Trinajstić information content (AvgIpc) is 3.00. The molecule has 2 aromatic carbocycles. The van der Waals surface area contributed by atoms with Crippen LogP contribution in [0, 0.1) is 5.92 Å². The van der Waals surface area contributed by atoms with Crippen LogP contribution in [0.5, 0.6) is 0 Å². The quantitative estimate of drug-likeness (QED) is 0.671. The van der Waals surface area contributed by atoms with E-state index in [1.807, 2.05) is 30.3 Å². The van der Waals surface area contributed by atoms with Crippen LogP contribution < -0.4 is 5.73 Å². The van der Waals surface area contributed by atoms with Gasteiger partial charge in [0.25, 0.3) is 0 Å². The SMILES string of the molecule is CC1Cc2c(c3c(C(N)=O)cccc3n2Cc2ccccc2)C(OCC(=O)O)C1. The second kappa shape index (κ2) is 7.72. The second-order valence-corrected chi connectivity index (χ2v) is 7.73. The van der Waals surface area contributed by atoms with Crippen LogP contribution in [0.4, 0.5) is 0 Å². The van der Waals surface area contributed by atoms with Gasteiger partial charge in [-0.1, -0.05) is 43.3 Å². The summed E-state index contributed by atoms with van der Waals surface area (Å²) in [7, 11) is 0. The third-order valence-corrected chi connectivity index (χ3v) is 5.58. The highest BCUT2D eigenvalue weighted by atomic mass is 16.5. The molecule has 0 spiro atoms. The summed E-state index contributed by atoms with van der Waals surface area (Å²) in [5, 5.41) is 9.90. The van der Waals surface area contributed by atoms with Gasteiger partial charge >= 0.3 is 5.97 Å². The Bertz CT molecular complexity index is 1070. The number of aromatic nitrogens is 1. The van der Waals surface area contributed by atoms with Crippen molar-refractivity contribution in [2.24, 2.45) is 11.7 Å². The molecule has 2 unspecified atom stereocenters. The number of hydrogen-bond donors (Lipinski definition) is 2. The van der Waals surface area contributed by atoms with Gasteiger partial charge in [-0.15, -0.1) is 0 Å². The summed E-state index contributed by atoms with van der Waals surface area (Å²) in [6.07, 6.45) is 1.16. The highest BCUT2D eigenvalue weighted by Gasteiger charge is 2.33. The van der Waals surface area contributed by atoms with Crippen LogP contribution in [-0.2, 0) is 22.5 Å². The van der Waals surface area contributed by atoms with E-state index in [2.05, 4.69) is 23.6 Å². The Hall–Kier alpha value is -3.12. The molecule has 1 aliphatic carbocycles. The minimum Gasteiger partial charge on any atom is -0.480 e. The molecular weight excluding hydrogens is 368 g/mol. The van der Waals surface area contributed by atoms with Gasteiger partial charge in [-0.05, 0) is 36.5 Å². The normalized spacial score (nSPS) is 18.5. The standard InChI is InChI=1S/C23H24N2O4/c1-14-10-18-22(19(11-14)29-13-20(26)27)21-16(23(24)28)8-5-9-17(21)25(18)12-15-6-3-2-4-7-15/h2-9,14,19H,10-13H2,1H3,(H2,24,28)(H,26,27). The smallest absolute Gasteiger partial charge is 0.329 e. The van der Waals surface area contributed by atoms with Crippen molar-refractivity contribution in [3.8, 4) is 0 Å². The highest BCUT2D eigenvalue weighted by molar-refractivity contribution is 6.07. The monoisotopic (exact) mass is 392 g/mol. The van der Waals surface area contributed by atoms with E-state index in [4.69, 9.17) is 15.6 Å². The minimum absolute atomic E-state index is 0.331. The number of ether oxygens (including phenoxy) is 1. The lowest BCUT2D eigenvalue weighted by atomic mass is 9.85. The Kier molecular flexibility index (Phi) is 5.11. The number of rotatable bonds is 6. The van der Waals surface area contributed by atoms with Crippen LogP contribution in [0.25, 0.3) is 10.9 Å². The molecule has 0 aliphatic heterocycles. The van der Waals surface area contributed by atoms with E-state index in [0.717, 1.165) is 34.1 Å². The minimum atomic E-state index is -1.01. The molecular formula is C23H24N2O4. The first-order chi connectivity index (χ1) is 14.0. The first-order valence-electron chi connectivity index (χ1n) is 9.76. The van der Waals surface area contributed by atoms with Gasteiger partial charge in [-0.3, -0.25) is 4.79 Å². The van der Waals surface area contributed by atoms with Crippen LogP contribution in [0.3, 0.4) is 0 Å². The number of primary amides is 1. The van der Waals surface area contributed by atoms with Gasteiger partial charge in [0.1, 0.15) is 6.61 Å². The lowest BCUT2D eigenvalue weighted by molar-refractivity contribution is -0.145. The second-order valence-electron chi connectivity index (χ2n) is 7.73. The molecule has 29 heavy (non-hydrogen) atoms. The van der Waals surface area contributed by atoms with Gasteiger partial charge in [0, 0.05) is 34.3 Å². The molecule has 1 amide bonds. The predicted molar refractivity (Wildman–Crippen MR) is 110 cm³/mol. The van der Waals surface area contributed by atoms with E-state index in [1.165, 1.54) is 0 Å². The van der Waals surface area contributed by atoms with Gasteiger partial charge in [0.15, 0.2) is 0 Å². The van der Waals surface area contributed by atoms with Crippen molar-refractivity contribution in [1.82, 2.24) is 4.57 Å². The number of nitrogens with zero attached hydrogens (tertiary/aromatic N) is 1. The molecule has 0 bridgehead atoms. The number of benzene rings is 2. The molecule has 0 saturated heterocycles. The zero-order valence-electron chi connectivity index (χ0n) is 16.3. The summed E-state index contributed by atoms with van der Waals surface area (Å²) in [4.78, 5) is 23.3. The molecule has 1 aliphatic rings. The number of hydrogen-bond acceptors (Lipinski definition) is 3. The molecule has 6 heteroatoms. The number of aliphatic carboxylic acids is 1. The van der Waals surface area contributed by atoms with Crippen molar-refractivity contribution < 1.29 is 19.4 Å². The first kappa shape index (κ1) is 19.2. The maximum absolute atomic E-state index is 12.2. The summed E-state index contributed by atoms with van der Waals surface area (Å²) >= 11 is 0. The van der Waals surface area contributed by atoms with E-state index in [1.54, 1.807) is 6.07 Å². The number of carboxylic acids is 1. The molecule has 150 valence electrons. The zero-order valence-corrected chi connectivity index (χ0v) is 16.3. The Morgan fingerprint density at radius 1 is 1.17 bits per heavy atom. The Morgan fingerprint density at radius 3 is 2.62 bits per heavy atom. The Morgan fingerprint density at radius 2 is 1.93 bits per heavy atom. The number of carbonyl (C=O) groups excluding carboxylic acids is 1. The summed E-state index contributed by atoms with van der Waals surface area (Å²) in [5.74, 6) is -1.17. The summed E-state index contributed by atoms with van der Waals surface area (Å²) in [5.41, 5.74) is 10.2. The molecule has 2 atom stereocenters. The summed E-state index contributed by atoms with van der Waals surface area (Å²) < 4.78 is 8.00. The third kappa shape index (κ3) is 3.63. The Balaban J connectivity index is 1.94. The first-order valence-corrected chi connectivity index (χ1v) is 9.76. The van der Waals surface area contributed by atoms with Crippen LogP contribution in [0.15, 0.2) is 48.5 Å². The van der Waals surface area contributed by atoms with Crippen molar-refractivity contribution >= 4 is 22.8 Å². The van der Waals surface area contributed by atoms with E-state index in [0.29, 0.717) is 24.4 Å². The van der Waals surface area contributed by atoms with Crippen LogP contribution in [-0.4, -0.2) is 28.2 Å². The van der Waals surface area contributed by atoms with Gasteiger partial charge < -0.3 is 20.1 Å². The maximum Gasteiger partial charge on any atom is 0.329 e. The highest BCUT2D eigenvalue weighted by Crippen LogP contribution is 2.43. The lowest BCUT2D eigenvalue weighted by Gasteiger charge is -2.29. The summed E-state index contributed by atoms with van der Waals surface area (Å²) in [6, 6.07) is 15.7. The van der Waals surface area contributed by atoms with Crippen LogP contribution in [0.1, 0.15) is 46.6 Å². The number of nitrogens with two attached hydrogens (primary N) is 1. The fraction of sp³-hybridized carbons (Fsp3) is 0.304. The molecule has 0 saturated carbocycles. The fourth-order valence-electron chi connectivity index (χ4n) is 4.42. The topological polar surface area (TPSA) is 94.5 Å². The molecule has 3 aromatic rings. The van der Waals surface area contributed by atoms with Crippen LogP contribution >= 0.6 is 0 Å². The molecule has 1 heterocycles. The number of fused-ring (bicyclic) bond motifs is 3. The summed E-state index contributed by atoms with van der Waals surface area (Å²) in [6.45, 7) is 2.42. The zero-order chi connectivity index (χ0) is 20.5. The molecule has 0 radical (unpaired) electrons. The number of amides is 1. The van der Waals surface area contributed by atoms with E-state index < -0.39 is 11.9 Å². The van der Waals surface area contributed by atoms with Gasteiger partial charge in [-0.2, -0.15) is 0 Å². The predicted octanol–water partition coefficient (Wildman–Crippen LogP) is 3.51. The van der Waals surface area contributed by atoms with E-state index in [9.17, 15) is 9.59 Å². The fourth-order valence-corrected chi connectivity index (χ4v) is 4.42. The van der Waals surface area contributed by atoms with Crippen molar-refractivity contribution in [2.75, 3.05) is 6.61 Å². The molecule has 3 N–H and O–H groups in total. The molecule has 1 aromatic heterocycles. The van der Waals surface area contributed by atoms with Crippen molar-refractivity contribution in [3.05, 3.63) is 70.9 Å². The third-order valence-electron chi connectivity index (χ3n) is 5.58.